The molecule has 1 N–H and O–H groups in total. The molecule has 1 saturated heterocycles. The van der Waals surface area contributed by atoms with E-state index < -0.39 is 6.80 Å². The molecule has 3 rings (SSSR count). The van der Waals surface area contributed by atoms with Gasteiger partial charge in [-0.25, -0.2) is 4.39 Å². The van der Waals surface area contributed by atoms with Crippen LogP contribution in [-0.2, 0) is 6.80 Å². The molecule has 1 aliphatic heterocycles. The fourth-order valence-electron chi connectivity index (χ4n) is 2.51. The lowest BCUT2D eigenvalue weighted by molar-refractivity contribution is 0.191. The van der Waals surface area contributed by atoms with Crippen molar-refractivity contribution in [1.82, 2.24) is 30.4 Å². The molecule has 7 heteroatoms. The van der Waals surface area contributed by atoms with Gasteiger partial charge in [-0.05, 0) is 10.8 Å². The Hall–Kier alpha value is -1.86. The van der Waals surface area contributed by atoms with E-state index in [0.29, 0.717) is 5.82 Å². The van der Waals surface area contributed by atoms with Crippen LogP contribution in [0.5, 0.6) is 0 Å². The standard InChI is InChI=1S/C13H17FN6/c14-10-20-17-13(16-18-20)12(11-4-2-1-3-5-11)19-8-6-15-7-9-19/h1-5,12,15H,6-10H2. The number of tetrazole rings is 1. The molecular weight excluding hydrogens is 259 g/mol. The summed E-state index contributed by atoms with van der Waals surface area (Å²) in [6.07, 6.45) is 0. The summed E-state index contributed by atoms with van der Waals surface area (Å²) in [6, 6.07) is 9.97. The van der Waals surface area contributed by atoms with E-state index in [0.717, 1.165) is 36.5 Å². The Morgan fingerprint density at radius 3 is 2.60 bits per heavy atom. The number of aromatic nitrogens is 4. The van der Waals surface area contributed by atoms with Gasteiger partial charge in [0, 0.05) is 26.2 Å². The van der Waals surface area contributed by atoms with E-state index in [1.165, 1.54) is 0 Å². The number of rotatable bonds is 4. The molecule has 0 radical (unpaired) electrons. The van der Waals surface area contributed by atoms with Crippen molar-refractivity contribution in [2.45, 2.75) is 12.8 Å². The number of halogens is 1. The number of nitrogens with one attached hydrogen (secondary N) is 1. The number of nitrogens with zero attached hydrogens (tertiary/aromatic N) is 5. The Morgan fingerprint density at radius 2 is 1.95 bits per heavy atom. The summed E-state index contributed by atoms with van der Waals surface area (Å²) >= 11 is 0. The minimum atomic E-state index is -0.754. The fourth-order valence-corrected chi connectivity index (χ4v) is 2.51. The van der Waals surface area contributed by atoms with Crippen molar-refractivity contribution in [3.8, 4) is 0 Å². The average Bonchev–Trinajstić information content (AvgIpc) is 2.98. The first-order valence-electron chi connectivity index (χ1n) is 6.72. The summed E-state index contributed by atoms with van der Waals surface area (Å²) in [7, 11) is 0. The first kappa shape index (κ1) is 13.1. The van der Waals surface area contributed by atoms with Crippen molar-refractivity contribution in [3.63, 3.8) is 0 Å². The number of hydrogen-bond acceptors (Lipinski definition) is 5. The van der Waals surface area contributed by atoms with Gasteiger partial charge in [0.1, 0.15) is 0 Å². The molecule has 0 spiro atoms. The Bertz CT molecular complexity index is 537. The smallest absolute Gasteiger partial charge is 0.202 e. The molecule has 2 aromatic rings. The van der Waals surface area contributed by atoms with Crippen molar-refractivity contribution in [2.24, 2.45) is 0 Å². The zero-order chi connectivity index (χ0) is 13.8. The van der Waals surface area contributed by atoms with Gasteiger partial charge in [-0.3, -0.25) is 4.90 Å². The van der Waals surface area contributed by atoms with E-state index in [4.69, 9.17) is 0 Å². The highest BCUT2D eigenvalue weighted by Gasteiger charge is 2.27. The van der Waals surface area contributed by atoms with E-state index in [2.05, 4.69) is 25.6 Å². The van der Waals surface area contributed by atoms with Crippen LogP contribution < -0.4 is 5.32 Å². The van der Waals surface area contributed by atoms with Crippen LogP contribution in [0.25, 0.3) is 0 Å². The molecule has 1 aromatic heterocycles. The highest BCUT2D eigenvalue weighted by Crippen LogP contribution is 2.25. The number of benzene rings is 1. The number of piperazine rings is 1. The van der Waals surface area contributed by atoms with Gasteiger partial charge in [0.2, 0.25) is 6.80 Å². The van der Waals surface area contributed by atoms with Crippen molar-refractivity contribution >= 4 is 0 Å². The third-order valence-electron chi connectivity index (χ3n) is 3.45. The Morgan fingerprint density at radius 1 is 1.20 bits per heavy atom. The summed E-state index contributed by atoms with van der Waals surface area (Å²) < 4.78 is 12.6. The maximum Gasteiger partial charge on any atom is 0.202 e. The van der Waals surface area contributed by atoms with Gasteiger partial charge in [-0.1, -0.05) is 30.3 Å². The zero-order valence-electron chi connectivity index (χ0n) is 11.1. The van der Waals surface area contributed by atoms with Crippen molar-refractivity contribution in [2.75, 3.05) is 26.2 Å². The van der Waals surface area contributed by atoms with Crippen LogP contribution in [0.15, 0.2) is 30.3 Å². The quantitative estimate of drug-likeness (QED) is 0.886. The molecule has 0 saturated carbocycles. The second kappa shape index (κ2) is 6.06. The van der Waals surface area contributed by atoms with Crippen LogP contribution in [-0.4, -0.2) is 51.3 Å². The summed E-state index contributed by atoms with van der Waals surface area (Å²) in [4.78, 5) is 3.28. The number of hydrogen-bond donors (Lipinski definition) is 1. The topological polar surface area (TPSA) is 58.9 Å². The normalized spacial score (nSPS) is 18.1. The molecular formula is C13H17FN6. The second-order valence-electron chi connectivity index (χ2n) is 4.74. The van der Waals surface area contributed by atoms with Gasteiger partial charge in [0.05, 0.1) is 6.04 Å². The molecule has 6 nitrogen and oxygen atoms in total. The third kappa shape index (κ3) is 2.68. The molecule has 1 aromatic carbocycles. The van der Waals surface area contributed by atoms with Crippen LogP contribution >= 0.6 is 0 Å². The van der Waals surface area contributed by atoms with E-state index in [-0.39, 0.29) is 6.04 Å². The Labute approximate surface area is 116 Å². The molecule has 1 atom stereocenters. The fraction of sp³-hybridized carbons (Fsp3) is 0.462. The summed E-state index contributed by atoms with van der Waals surface area (Å²) in [5.74, 6) is 0.552. The maximum absolute atomic E-state index is 12.6. The van der Waals surface area contributed by atoms with E-state index in [9.17, 15) is 4.39 Å². The largest absolute Gasteiger partial charge is 0.314 e. The first-order chi connectivity index (χ1) is 9.88. The van der Waals surface area contributed by atoms with E-state index in [1.807, 2.05) is 30.3 Å². The Kier molecular flexibility index (Phi) is 3.98. The molecule has 1 unspecified atom stereocenters. The van der Waals surface area contributed by atoms with Crippen LogP contribution in [0.1, 0.15) is 17.4 Å². The van der Waals surface area contributed by atoms with Crippen molar-refractivity contribution in [3.05, 3.63) is 41.7 Å². The third-order valence-corrected chi connectivity index (χ3v) is 3.45. The molecule has 0 aliphatic carbocycles. The minimum Gasteiger partial charge on any atom is -0.314 e. The monoisotopic (exact) mass is 276 g/mol. The molecule has 0 amide bonds. The van der Waals surface area contributed by atoms with Crippen LogP contribution in [0, 0.1) is 0 Å². The summed E-state index contributed by atoms with van der Waals surface area (Å²) in [6.45, 7) is 2.92. The first-order valence-corrected chi connectivity index (χ1v) is 6.72. The van der Waals surface area contributed by atoms with Gasteiger partial charge in [0.15, 0.2) is 5.82 Å². The summed E-state index contributed by atoms with van der Waals surface area (Å²) in [5, 5.41) is 15.2. The van der Waals surface area contributed by atoms with Crippen molar-refractivity contribution in [1.29, 1.82) is 0 Å². The molecule has 1 fully saturated rings. The molecule has 20 heavy (non-hydrogen) atoms. The van der Waals surface area contributed by atoms with Gasteiger partial charge < -0.3 is 5.32 Å². The lowest BCUT2D eigenvalue weighted by Crippen LogP contribution is -2.45. The second-order valence-corrected chi connectivity index (χ2v) is 4.74. The highest BCUT2D eigenvalue weighted by molar-refractivity contribution is 5.24. The summed E-state index contributed by atoms with van der Waals surface area (Å²) in [5.41, 5.74) is 1.10. The van der Waals surface area contributed by atoms with Crippen LogP contribution in [0.2, 0.25) is 0 Å². The zero-order valence-corrected chi connectivity index (χ0v) is 11.1. The average molecular weight is 276 g/mol. The minimum absolute atomic E-state index is 0.0707. The SMILES string of the molecule is FCn1nnc(C(c2ccccc2)N2CCNCC2)n1. The lowest BCUT2D eigenvalue weighted by Gasteiger charge is -2.33. The van der Waals surface area contributed by atoms with Crippen LogP contribution in [0.3, 0.4) is 0 Å². The molecule has 2 heterocycles. The predicted octanol–water partition coefficient (Wildman–Crippen LogP) is 0.595. The van der Waals surface area contributed by atoms with Gasteiger partial charge in [0.25, 0.3) is 0 Å². The predicted molar refractivity (Wildman–Crippen MR) is 71.7 cm³/mol. The van der Waals surface area contributed by atoms with Gasteiger partial charge in [-0.2, -0.15) is 0 Å². The maximum atomic E-state index is 12.6. The number of alkyl halides is 1. The van der Waals surface area contributed by atoms with Crippen LogP contribution in [0.4, 0.5) is 4.39 Å². The molecule has 106 valence electrons. The van der Waals surface area contributed by atoms with E-state index >= 15 is 0 Å². The highest BCUT2D eigenvalue weighted by atomic mass is 19.1. The Balaban J connectivity index is 1.94. The van der Waals surface area contributed by atoms with Crippen molar-refractivity contribution < 1.29 is 4.39 Å². The van der Waals surface area contributed by atoms with E-state index in [1.54, 1.807) is 0 Å². The van der Waals surface area contributed by atoms with Gasteiger partial charge in [-0.15, -0.1) is 15.0 Å². The van der Waals surface area contributed by atoms with Gasteiger partial charge >= 0.3 is 0 Å². The lowest BCUT2D eigenvalue weighted by atomic mass is 10.0. The molecule has 0 bridgehead atoms. The molecule has 1 aliphatic rings.